The Hall–Kier alpha value is -3.68. The second kappa shape index (κ2) is 7.69. The zero-order valence-corrected chi connectivity index (χ0v) is 14.3. The summed E-state index contributed by atoms with van der Waals surface area (Å²) in [6, 6.07) is 14.6. The first-order valence-electron chi connectivity index (χ1n) is 8.46. The van der Waals surface area contributed by atoms with Gasteiger partial charge in [-0.05, 0) is 18.6 Å². The number of nitrogens with zero attached hydrogens (tertiary/aromatic N) is 3. The molecule has 0 saturated carbocycles. The van der Waals surface area contributed by atoms with Gasteiger partial charge in [0.25, 0.3) is 5.91 Å². The quantitative estimate of drug-likeness (QED) is 0.501. The Balaban J connectivity index is 1.26. The highest BCUT2D eigenvalue weighted by Crippen LogP contribution is 2.20. The molecule has 1 amide bonds. The van der Waals surface area contributed by atoms with Gasteiger partial charge < -0.3 is 18.8 Å². The lowest BCUT2D eigenvalue weighted by molar-refractivity contribution is 0.0944. The minimum atomic E-state index is -0.313. The molecule has 8 heteroatoms. The smallest absolute Gasteiger partial charge is 0.273 e. The van der Waals surface area contributed by atoms with Crippen LogP contribution in [-0.4, -0.2) is 27.7 Å². The Morgan fingerprint density at radius 1 is 1.00 bits per heavy atom. The molecule has 0 aliphatic heterocycles. The van der Waals surface area contributed by atoms with Gasteiger partial charge in [0, 0.05) is 24.6 Å². The van der Waals surface area contributed by atoms with Crippen LogP contribution >= 0.6 is 0 Å². The van der Waals surface area contributed by atoms with E-state index in [0.717, 1.165) is 5.56 Å². The molecular weight excluding hydrogens is 348 g/mol. The van der Waals surface area contributed by atoms with Crippen LogP contribution in [0.3, 0.4) is 0 Å². The van der Waals surface area contributed by atoms with Crippen molar-refractivity contribution in [1.29, 1.82) is 0 Å². The van der Waals surface area contributed by atoms with E-state index in [1.165, 1.54) is 12.3 Å². The molecule has 8 nitrogen and oxygen atoms in total. The van der Waals surface area contributed by atoms with E-state index in [1.54, 1.807) is 12.1 Å². The third kappa shape index (κ3) is 3.95. The number of carbonyl (C=O) groups is 1. The molecule has 0 aliphatic rings. The Kier molecular flexibility index (Phi) is 4.78. The fourth-order valence-electron chi connectivity index (χ4n) is 2.51. The average Bonchev–Trinajstić information content (AvgIpc) is 3.47. The lowest BCUT2D eigenvalue weighted by Gasteiger charge is -2.00. The summed E-state index contributed by atoms with van der Waals surface area (Å²) in [4.78, 5) is 16.5. The van der Waals surface area contributed by atoms with Crippen LogP contribution in [0.2, 0.25) is 0 Å². The molecule has 0 radical (unpaired) electrons. The number of amides is 1. The summed E-state index contributed by atoms with van der Waals surface area (Å²) in [7, 11) is 0. The van der Waals surface area contributed by atoms with E-state index in [4.69, 9.17) is 13.5 Å². The van der Waals surface area contributed by atoms with Gasteiger partial charge in [0.2, 0.25) is 17.5 Å². The topological polar surface area (TPSA) is 107 Å². The molecule has 3 aromatic heterocycles. The van der Waals surface area contributed by atoms with Gasteiger partial charge in [0.1, 0.15) is 0 Å². The molecule has 136 valence electrons. The molecule has 0 saturated heterocycles. The summed E-state index contributed by atoms with van der Waals surface area (Å²) in [6.07, 6.45) is 2.75. The van der Waals surface area contributed by atoms with E-state index in [0.29, 0.717) is 42.6 Å². The van der Waals surface area contributed by atoms with Gasteiger partial charge in [-0.15, -0.1) is 0 Å². The highest BCUT2D eigenvalue weighted by atomic mass is 16.5. The normalized spacial score (nSPS) is 10.8. The molecular formula is C19H16N4O4. The number of hydrogen-bond acceptors (Lipinski definition) is 7. The maximum absolute atomic E-state index is 12.1. The lowest BCUT2D eigenvalue weighted by Crippen LogP contribution is -2.25. The first-order valence-corrected chi connectivity index (χ1v) is 8.46. The van der Waals surface area contributed by atoms with Crippen LogP contribution in [0.4, 0.5) is 0 Å². The zero-order valence-electron chi connectivity index (χ0n) is 14.3. The Morgan fingerprint density at radius 3 is 2.70 bits per heavy atom. The van der Waals surface area contributed by atoms with Crippen LogP contribution in [-0.2, 0) is 6.42 Å². The number of furan rings is 1. The van der Waals surface area contributed by atoms with E-state index >= 15 is 0 Å². The summed E-state index contributed by atoms with van der Waals surface area (Å²) in [5.41, 5.74) is 1.10. The number of rotatable bonds is 7. The predicted octanol–water partition coefficient (Wildman–Crippen LogP) is 3.35. The monoisotopic (exact) mass is 364 g/mol. The molecule has 0 fully saturated rings. The van der Waals surface area contributed by atoms with Crippen LogP contribution in [0.15, 0.2) is 68.3 Å². The van der Waals surface area contributed by atoms with Crippen LogP contribution in [0.25, 0.3) is 22.9 Å². The van der Waals surface area contributed by atoms with Crippen molar-refractivity contribution in [2.75, 3.05) is 6.54 Å². The van der Waals surface area contributed by atoms with E-state index in [1.807, 2.05) is 30.3 Å². The van der Waals surface area contributed by atoms with Crippen LogP contribution in [0, 0.1) is 0 Å². The van der Waals surface area contributed by atoms with Gasteiger partial charge in [-0.2, -0.15) is 4.98 Å². The van der Waals surface area contributed by atoms with Crippen molar-refractivity contribution in [2.45, 2.75) is 12.8 Å². The van der Waals surface area contributed by atoms with Crippen LogP contribution in [0.5, 0.6) is 0 Å². The summed E-state index contributed by atoms with van der Waals surface area (Å²) in [6.45, 7) is 0.449. The van der Waals surface area contributed by atoms with Crippen molar-refractivity contribution in [3.05, 3.63) is 66.4 Å². The van der Waals surface area contributed by atoms with Crippen LogP contribution in [0.1, 0.15) is 22.8 Å². The molecule has 27 heavy (non-hydrogen) atoms. The number of hydrogen-bond donors (Lipinski definition) is 1. The second-order valence-corrected chi connectivity index (χ2v) is 5.79. The Morgan fingerprint density at radius 2 is 1.89 bits per heavy atom. The van der Waals surface area contributed by atoms with Crippen molar-refractivity contribution in [3.8, 4) is 22.9 Å². The number of carbonyl (C=O) groups excluding carboxylic acids is 1. The van der Waals surface area contributed by atoms with Crippen molar-refractivity contribution in [3.63, 3.8) is 0 Å². The van der Waals surface area contributed by atoms with Gasteiger partial charge in [-0.3, -0.25) is 4.79 Å². The standard InChI is InChI=1S/C19H16N4O4/c24-19(14-12-16(26-22-14)15-8-5-11-25-15)20-10-4-9-17-21-18(23-27-17)13-6-2-1-3-7-13/h1-3,5-8,11-12H,4,9-10H2,(H,20,24). The van der Waals surface area contributed by atoms with Crippen LogP contribution < -0.4 is 5.32 Å². The summed E-state index contributed by atoms with van der Waals surface area (Å²) in [5, 5.41) is 10.5. The fourth-order valence-corrected chi connectivity index (χ4v) is 2.51. The third-order valence-corrected chi connectivity index (χ3v) is 3.86. The molecule has 0 bridgehead atoms. The molecule has 4 aromatic rings. The summed E-state index contributed by atoms with van der Waals surface area (Å²) in [5.74, 6) is 1.70. The number of aromatic nitrogens is 3. The zero-order chi connectivity index (χ0) is 18.5. The minimum absolute atomic E-state index is 0.200. The predicted molar refractivity (Wildman–Crippen MR) is 94.6 cm³/mol. The van der Waals surface area contributed by atoms with Crippen molar-refractivity contribution in [1.82, 2.24) is 20.6 Å². The van der Waals surface area contributed by atoms with Crippen molar-refractivity contribution >= 4 is 5.91 Å². The van der Waals surface area contributed by atoms with Gasteiger partial charge in [-0.1, -0.05) is 40.6 Å². The van der Waals surface area contributed by atoms with Crippen molar-refractivity contribution in [2.24, 2.45) is 0 Å². The second-order valence-electron chi connectivity index (χ2n) is 5.79. The van der Waals surface area contributed by atoms with Gasteiger partial charge in [0.05, 0.1) is 6.26 Å². The Bertz CT molecular complexity index is 1010. The minimum Gasteiger partial charge on any atom is -0.461 e. The van der Waals surface area contributed by atoms with E-state index in [-0.39, 0.29) is 11.6 Å². The van der Waals surface area contributed by atoms with E-state index in [2.05, 4.69) is 20.6 Å². The van der Waals surface area contributed by atoms with Gasteiger partial charge in [0.15, 0.2) is 11.5 Å². The third-order valence-electron chi connectivity index (χ3n) is 3.86. The molecule has 1 N–H and O–H groups in total. The highest BCUT2D eigenvalue weighted by molar-refractivity contribution is 5.92. The van der Waals surface area contributed by atoms with E-state index < -0.39 is 0 Å². The molecule has 0 unspecified atom stereocenters. The SMILES string of the molecule is O=C(NCCCc1nc(-c2ccccc2)no1)c1cc(-c2ccco2)on1. The molecule has 0 aliphatic carbocycles. The number of benzene rings is 1. The largest absolute Gasteiger partial charge is 0.461 e. The maximum Gasteiger partial charge on any atom is 0.273 e. The average molecular weight is 364 g/mol. The summed E-state index contributed by atoms with van der Waals surface area (Å²) < 4.78 is 15.6. The van der Waals surface area contributed by atoms with Gasteiger partial charge >= 0.3 is 0 Å². The molecule has 0 atom stereocenters. The highest BCUT2D eigenvalue weighted by Gasteiger charge is 2.15. The molecule has 0 spiro atoms. The lowest BCUT2D eigenvalue weighted by atomic mass is 10.2. The number of nitrogens with one attached hydrogen (secondary N) is 1. The first kappa shape index (κ1) is 16.8. The fraction of sp³-hybridized carbons (Fsp3) is 0.158. The molecule has 1 aromatic carbocycles. The van der Waals surface area contributed by atoms with Crippen molar-refractivity contribution < 1.29 is 18.3 Å². The number of aryl methyl sites for hydroxylation is 1. The maximum atomic E-state index is 12.1. The van der Waals surface area contributed by atoms with Gasteiger partial charge in [-0.25, -0.2) is 0 Å². The first-order chi connectivity index (χ1) is 13.3. The molecule has 4 rings (SSSR count). The van der Waals surface area contributed by atoms with E-state index in [9.17, 15) is 4.79 Å². The Labute approximate surface area is 154 Å². The molecule has 3 heterocycles. The summed E-state index contributed by atoms with van der Waals surface area (Å²) >= 11 is 0.